The van der Waals surface area contributed by atoms with Gasteiger partial charge in [-0.25, -0.2) is 4.98 Å². The SMILES string of the molecule is C=C(NCCc1ccccc1)c1nc2c(C)ccc(N3CCCCC3)c2s1. The summed E-state index contributed by atoms with van der Waals surface area (Å²) in [6.45, 7) is 9.58. The van der Waals surface area contributed by atoms with Crippen molar-refractivity contribution in [3.05, 3.63) is 65.2 Å². The molecule has 1 fully saturated rings. The summed E-state index contributed by atoms with van der Waals surface area (Å²) in [7, 11) is 0. The zero-order chi connectivity index (χ0) is 18.6. The van der Waals surface area contributed by atoms with Crippen LogP contribution in [0, 0.1) is 6.92 Å². The first-order valence-corrected chi connectivity index (χ1v) is 10.7. The fourth-order valence-corrected chi connectivity index (χ4v) is 4.84. The maximum atomic E-state index is 4.92. The number of thiazole rings is 1. The van der Waals surface area contributed by atoms with Crippen LogP contribution in [0.5, 0.6) is 0 Å². The number of nitrogens with zero attached hydrogens (tertiary/aromatic N) is 2. The summed E-state index contributed by atoms with van der Waals surface area (Å²) in [5.74, 6) is 0. The quantitative estimate of drug-likeness (QED) is 0.623. The van der Waals surface area contributed by atoms with E-state index in [4.69, 9.17) is 4.98 Å². The molecule has 4 rings (SSSR count). The van der Waals surface area contributed by atoms with Crippen LogP contribution in [0.25, 0.3) is 15.9 Å². The fraction of sp³-hybridized carbons (Fsp3) is 0.348. The van der Waals surface area contributed by atoms with Gasteiger partial charge in [-0.05, 0) is 49.8 Å². The third kappa shape index (κ3) is 4.01. The number of nitrogens with one attached hydrogen (secondary N) is 1. The molecule has 140 valence electrons. The monoisotopic (exact) mass is 377 g/mol. The Balaban J connectivity index is 1.51. The Morgan fingerprint density at radius 3 is 2.67 bits per heavy atom. The number of aromatic nitrogens is 1. The van der Waals surface area contributed by atoms with Gasteiger partial charge in [0.05, 0.1) is 21.6 Å². The molecule has 1 aliphatic heterocycles. The Kier molecular flexibility index (Phi) is 5.44. The first kappa shape index (κ1) is 18.1. The molecule has 2 heterocycles. The number of benzene rings is 2. The molecule has 27 heavy (non-hydrogen) atoms. The van der Waals surface area contributed by atoms with Crippen molar-refractivity contribution in [1.29, 1.82) is 0 Å². The van der Waals surface area contributed by atoms with Gasteiger partial charge in [0.1, 0.15) is 5.01 Å². The largest absolute Gasteiger partial charge is 0.383 e. The fourth-order valence-electron chi connectivity index (χ4n) is 3.71. The maximum absolute atomic E-state index is 4.92. The Morgan fingerprint density at radius 1 is 1.11 bits per heavy atom. The molecule has 1 aliphatic rings. The number of aryl methyl sites for hydroxylation is 1. The highest BCUT2D eigenvalue weighted by Gasteiger charge is 2.18. The summed E-state index contributed by atoms with van der Waals surface area (Å²) in [6, 6.07) is 15.0. The van der Waals surface area contributed by atoms with E-state index < -0.39 is 0 Å². The minimum absolute atomic E-state index is 0.872. The van der Waals surface area contributed by atoms with Gasteiger partial charge < -0.3 is 10.2 Å². The van der Waals surface area contributed by atoms with E-state index in [-0.39, 0.29) is 0 Å². The lowest BCUT2D eigenvalue weighted by molar-refractivity contribution is 0.579. The summed E-state index contributed by atoms with van der Waals surface area (Å²) in [4.78, 5) is 7.45. The smallest absolute Gasteiger partial charge is 0.140 e. The molecule has 0 aliphatic carbocycles. The van der Waals surface area contributed by atoms with Crippen LogP contribution in [0.4, 0.5) is 5.69 Å². The molecular formula is C23H27N3S. The number of hydrogen-bond donors (Lipinski definition) is 1. The molecule has 1 saturated heterocycles. The molecule has 1 N–H and O–H groups in total. The van der Waals surface area contributed by atoms with Crippen molar-refractivity contribution in [1.82, 2.24) is 10.3 Å². The standard InChI is InChI=1S/C23H27N3S/c1-17-11-12-20(26-15-7-4-8-16-26)22-21(17)25-23(27-22)18(2)24-14-13-19-9-5-3-6-10-19/h3,5-6,9-12,24H,2,4,7-8,13-16H2,1H3. The lowest BCUT2D eigenvalue weighted by Gasteiger charge is -2.29. The Morgan fingerprint density at radius 2 is 1.89 bits per heavy atom. The number of anilines is 1. The summed E-state index contributed by atoms with van der Waals surface area (Å²) in [5, 5.41) is 4.47. The van der Waals surface area contributed by atoms with E-state index in [0.29, 0.717) is 0 Å². The van der Waals surface area contributed by atoms with Crippen LogP contribution in [0.3, 0.4) is 0 Å². The zero-order valence-electron chi connectivity index (χ0n) is 16.0. The second kappa shape index (κ2) is 8.13. The summed E-state index contributed by atoms with van der Waals surface area (Å²) < 4.78 is 1.30. The van der Waals surface area contributed by atoms with Crippen molar-refractivity contribution in [3.63, 3.8) is 0 Å². The zero-order valence-corrected chi connectivity index (χ0v) is 16.8. The molecule has 0 radical (unpaired) electrons. The predicted octanol–water partition coefficient (Wildman–Crippen LogP) is 5.40. The van der Waals surface area contributed by atoms with E-state index in [9.17, 15) is 0 Å². The summed E-state index contributed by atoms with van der Waals surface area (Å²) >= 11 is 1.77. The van der Waals surface area contributed by atoms with Crippen molar-refractivity contribution in [2.45, 2.75) is 32.6 Å². The van der Waals surface area contributed by atoms with Gasteiger partial charge >= 0.3 is 0 Å². The number of hydrogen-bond acceptors (Lipinski definition) is 4. The normalized spacial score (nSPS) is 14.5. The van der Waals surface area contributed by atoms with Gasteiger partial charge in [0.15, 0.2) is 0 Å². The van der Waals surface area contributed by atoms with Crippen LogP contribution >= 0.6 is 11.3 Å². The van der Waals surface area contributed by atoms with Crippen molar-refractivity contribution >= 4 is 32.9 Å². The Hall–Kier alpha value is -2.33. The minimum Gasteiger partial charge on any atom is -0.383 e. The van der Waals surface area contributed by atoms with Crippen LogP contribution in [0.15, 0.2) is 49.0 Å². The first-order chi connectivity index (χ1) is 13.2. The molecule has 0 unspecified atom stereocenters. The second-order valence-electron chi connectivity index (χ2n) is 7.29. The summed E-state index contributed by atoms with van der Waals surface area (Å²) in [5.41, 5.74) is 5.98. The number of fused-ring (bicyclic) bond motifs is 1. The molecule has 2 aromatic carbocycles. The van der Waals surface area contributed by atoms with E-state index in [1.54, 1.807) is 11.3 Å². The number of piperidine rings is 1. The van der Waals surface area contributed by atoms with E-state index in [0.717, 1.165) is 42.3 Å². The van der Waals surface area contributed by atoms with Crippen molar-refractivity contribution in [2.24, 2.45) is 0 Å². The molecule has 0 saturated carbocycles. The van der Waals surface area contributed by atoms with Crippen LogP contribution in [-0.4, -0.2) is 24.6 Å². The molecule has 4 heteroatoms. The highest BCUT2D eigenvalue weighted by molar-refractivity contribution is 7.20. The average molecular weight is 378 g/mol. The first-order valence-electron chi connectivity index (χ1n) is 9.84. The van der Waals surface area contributed by atoms with E-state index in [1.165, 1.54) is 40.8 Å². The third-order valence-corrected chi connectivity index (χ3v) is 6.41. The van der Waals surface area contributed by atoms with Crippen LogP contribution in [-0.2, 0) is 6.42 Å². The molecule has 0 bridgehead atoms. The van der Waals surface area contributed by atoms with E-state index >= 15 is 0 Å². The minimum atomic E-state index is 0.872. The maximum Gasteiger partial charge on any atom is 0.140 e. The highest BCUT2D eigenvalue weighted by Crippen LogP contribution is 2.36. The van der Waals surface area contributed by atoms with Gasteiger partial charge in [0.25, 0.3) is 0 Å². The Bertz CT molecular complexity index is 923. The topological polar surface area (TPSA) is 28.2 Å². The highest BCUT2D eigenvalue weighted by atomic mass is 32.1. The van der Waals surface area contributed by atoms with Gasteiger partial charge in [0.2, 0.25) is 0 Å². The molecule has 0 atom stereocenters. The van der Waals surface area contributed by atoms with Crippen LogP contribution in [0.1, 0.15) is 35.4 Å². The van der Waals surface area contributed by atoms with Gasteiger partial charge in [0, 0.05) is 19.6 Å². The lowest BCUT2D eigenvalue weighted by Crippen LogP contribution is -2.29. The summed E-state index contributed by atoms with van der Waals surface area (Å²) in [6.07, 6.45) is 4.91. The van der Waals surface area contributed by atoms with Gasteiger partial charge in [-0.1, -0.05) is 43.0 Å². The van der Waals surface area contributed by atoms with Gasteiger partial charge in [-0.2, -0.15) is 0 Å². The average Bonchev–Trinajstić information content (AvgIpc) is 3.16. The Labute approximate surface area is 165 Å². The second-order valence-corrected chi connectivity index (χ2v) is 8.29. The number of rotatable bonds is 6. The van der Waals surface area contributed by atoms with Gasteiger partial charge in [-0.3, -0.25) is 0 Å². The molecular weight excluding hydrogens is 350 g/mol. The van der Waals surface area contributed by atoms with E-state index in [1.807, 2.05) is 0 Å². The third-order valence-electron chi connectivity index (χ3n) is 5.27. The molecule has 0 amide bonds. The van der Waals surface area contributed by atoms with Gasteiger partial charge in [-0.15, -0.1) is 11.3 Å². The van der Waals surface area contributed by atoms with Crippen molar-refractivity contribution in [3.8, 4) is 0 Å². The van der Waals surface area contributed by atoms with Crippen molar-refractivity contribution in [2.75, 3.05) is 24.5 Å². The predicted molar refractivity (Wildman–Crippen MR) is 118 cm³/mol. The van der Waals surface area contributed by atoms with Crippen LogP contribution < -0.4 is 10.2 Å². The van der Waals surface area contributed by atoms with Crippen molar-refractivity contribution < 1.29 is 0 Å². The molecule has 0 spiro atoms. The molecule has 3 aromatic rings. The van der Waals surface area contributed by atoms with E-state index in [2.05, 4.69) is 66.2 Å². The van der Waals surface area contributed by atoms with Crippen LogP contribution in [0.2, 0.25) is 0 Å². The molecule has 1 aromatic heterocycles. The molecule has 3 nitrogen and oxygen atoms in total. The lowest BCUT2D eigenvalue weighted by atomic mass is 10.1.